The first kappa shape index (κ1) is 11.5. The lowest BCUT2D eigenvalue weighted by Crippen LogP contribution is -2.30. The maximum absolute atomic E-state index is 8.88. The van der Waals surface area contributed by atoms with E-state index in [1.807, 2.05) is 20.7 Å². The lowest BCUT2D eigenvalue weighted by Gasteiger charge is -2.23. The molecule has 4 heteroatoms. The molecule has 0 spiro atoms. The summed E-state index contributed by atoms with van der Waals surface area (Å²) in [6.07, 6.45) is 1.03. The molecular formula is C10H18BNO2. The van der Waals surface area contributed by atoms with Crippen LogP contribution < -0.4 is 0 Å². The molecule has 0 amide bonds. The van der Waals surface area contributed by atoms with Gasteiger partial charge < -0.3 is 9.47 Å². The Morgan fingerprint density at radius 3 is 2.64 bits per heavy atom. The summed E-state index contributed by atoms with van der Waals surface area (Å²) in [4.78, 5) is 0. The van der Waals surface area contributed by atoms with Crippen LogP contribution in [0.25, 0.3) is 0 Å². The predicted octanol–water partition coefficient (Wildman–Crippen LogP) is 2.11. The van der Waals surface area contributed by atoms with Gasteiger partial charge in [-0.1, -0.05) is 20.2 Å². The van der Waals surface area contributed by atoms with Crippen molar-refractivity contribution in [1.82, 2.24) is 0 Å². The average molecular weight is 195 g/mol. The van der Waals surface area contributed by atoms with Crippen molar-refractivity contribution in [2.75, 3.05) is 6.61 Å². The van der Waals surface area contributed by atoms with E-state index in [1.165, 1.54) is 0 Å². The minimum absolute atomic E-state index is 0.0301. The van der Waals surface area contributed by atoms with Gasteiger partial charge in [-0.3, -0.25) is 0 Å². The SMILES string of the molecule is CCC(B(C)C#N)C1COC(C)(C)O1. The summed E-state index contributed by atoms with van der Waals surface area (Å²) in [5.41, 5.74) is 0. The maximum atomic E-state index is 8.88. The molecule has 1 rings (SSSR count). The van der Waals surface area contributed by atoms with Crippen LogP contribution in [-0.2, 0) is 9.47 Å². The molecule has 14 heavy (non-hydrogen) atoms. The van der Waals surface area contributed by atoms with Crippen LogP contribution in [0, 0.1) is 11.2 Å². The molecule has 78 valence electrons. The average Bonchev–Trinajstić information content (AvgIpc) is 2.47. The number of nitriles is 1. The van der Waals surface area contributed by atoms with E-state index in [1.54, 1.807) is 0 Å². The minimum Gasteiger partial charge on any atom is -0.348 e. The molecule has 1 saturated heterocycles. The van der Waals surface area contributed by atoms with Gasteiger partial charge in [0.15, 0.2) is 5.79 Å². The van der Waals surface area contributed by atoms with Crippen LogP contribution in [0.15, 0.2) is 0 Å². The summed E-state index contributed by atoms with van der Waals surface area (Å²) >= 11 is 0. The Bertz CT molecular complexity index is 237. The fraction of sp³-hybridized carbons (Fsp3) is 0.900. The second kappa shape index (κ2) is 4.33. The van der Waals surface area contributed by atoms with Gasteiger partial charge >= 0.3 is 0 Å². The summed E-state index contributed by atoms with van der Waals surface area (Å²) in [5.74, 6) is 2.09. The van der Waals surface area contributed by atoms with Crippen LogP contribution in [0.1, 0.15) is 27.2 Å². The van der Waals surface area contributed by atoms with Gasteiger partial charge in [0.2, 0.25) is 0 Å². The zero-order valence-electron chi connectivity index (χ0n) is 9.41. The Morgan fingerprint density at radius 2 is 2.29 bits per heavy atom. The largest absolute Gasteiger partial charge is 0.348 e. The Kier molecular flexibility index (Phi) is 3.57. The highest BCUT2D eigenvalue weighted by Crippen LogP contribution is 2.32. The van der Waals surface area contributed by atoms with Crippen LogP contribution in [0.3, 0.4) is 0 Å². The van der Waals surface area contributed by atoms with E-state index in [0.29, 0.717) is 6.61 Å². The van der Waals surface area contributed by atoms with E-state index in [-0.39, 0.29) is 18.6 Å². The molecule has 0 bridgehead atoms. The Balaban J connectivity index is 2.60. The van der Waals surface area contributed by atoms with Crippen molar-refractivity contribution >= 4 is 6.71 Å². The lowest BCUT2D eigenvalue weighted by molar-refractivity contribution is -0.138. The van der Waals surface area contributed by atoms with Gasteiger partial charge in [0.25, 0.3) is 6.71 Å². The van der Waals surface area contributed by atoms with Crippen LogP contribution in [0.4, 0.5) is 0 Å². The molecule has 0 aliphatic carbocycles. The van der Waals surface area contributed by atoms with Gasteiger partial charge in [0, 0.05) is 5.97 Å². The van der Waals surface area contributed by atoms with E-state index >= 15 is 0 Å². The topological polar surface area (TPSA) is 42.2 Å². The second-order valence-electron chi connectivity index (χ2n) is 4.36. The van der Waals surface area contributed by atoms with Gasteiger partial charge in [0.1, 0.15) is 0 Å². The normalized spacial score (nSPS) is 26.9. The molecule has 0 aromatic rings. The minimum atomic E-state index is -0.479. The first-order chi connectivity index (χ1) is 6.50. The van der Waals surface area contributed by atoms with Crippen molar-refractivity contribution in [1.29, 1.82) is 5.26 Å². The lowest BCUT2D eigenvalue weighted by atomic mass is 9.42. The molecule has 0 saturated carbocycles. The molecule has 2 unspecified atom stereocenters. The molecule has 0 aromatic carbocycles. The van der Waals surface area contributed by atoms with E-state index in [4.69, 9.17) is 14.7 Å². The molecule has 3 nitrogen and oxygen atoms in total. The summed E-state index contributed by atoms with van der Waals surface area (Å²) < 4.78 is 11.3. The molecule has 1 heterocycles. The number of hydrogen-bond donors (Lipinski definition) is 0. The van der Waals surface area contributed by atoms with Crippen molar-refractivity contribution in [3.63, 3.8) is 0 Å². The number of ether oxygens (including phenoxy) is 2. The zero-order chi connectivity index (χ0) is 10.8. The third-order valence-corrected chi connectivity index (χ3v) is 2.83. The van der Waals surface area contributed by atoms with Crippen LogP contribution in [0.2, 0.25) is 12.6 Å². The van der Waals surface area contributed by atoms with Crippen LogP contribution in [0.5, 0.6) is 0 Å². The molecule has 0 radical (unpaired) electrons. The fourth-order valence-electron chi connectivity index (χ4n) is 1.96. The Hall–Kier alpha value is -0.525. The van der Waals surface area contributed by atoms with Crippen molar-refractivity contribution in [2.24, 2.45) is 0 Å². The van der Waals surface area contributed by atoms with E-state index < -0.39 is 5.79 Å². The second-order valence-corrected chi connectivity index (χ2v) is 4.36. The summed E-state index contributed by atoms with van der Waals surface area (Å²) in [5, 5.41) is 8.88. The molecule has 1 aliphatic heterocycles. The first-order valence-electron chi connectivity index (χ1n) is 5.21. The third-order valence-electron chi connectivity index (χ3n) is 2.83. The predicted molar refractivity (Wildman–Crippen MR) is 56.2 cm³/mol. The molecule has 0 aromatic heterocycles. The molecule has 1 fully saturated rings. The third kappa shape index (κ3) is 2.49. The molecule has 2 atom stereocenters. The number of nitrogens with zero attached hydrogens (tertiary/aromatic N) is 1. The highest BCUT2D eigenvalue weighted by Gasteiger charge is 2.39. The molecule has 1 aliphatic rings. The number of rotatable bonds is 3. The summed E-state index contributed by atoms with van der Waals surface area (Å²) in [6, 6.07) is 0. The van der Waals surface area contributed by atoms with Crippen LogP contribution in [-0.4, -0.2) is 25.2 Å². The zero-order valence-corrected chi connectivity index (χ0v) is 9.41. The van der Waals surface area contributed by atoms with Crippen LogP contribution >= 0.6 is 0 Å². The van der Waals surface area contributed by atoms with Crippen molar-refractivity contribution in [2.45, 2.75) is 51.7 Å². The van der Waals surface area contributed by atoms with Gasteiger partial charge in [-0.05, 0) is 19.7 Å². The summed E-state index contributed by atoms with van der Waals surface area (Å²) in [7, 11) is 0. The van der Waals surface area contributed by atoms with Gasteiger partial charge in [0.05, 0.1) is 12.7 Å². The Morgan fingerprint density at radius 1 is 1.64 bits per heavy atom. The maximum Gasteiger partial charge on any atom is 0.270 e. The smallest absolute Gasteiger partial charge is 0.270 e. The van der Waals surface area contributed by atoms with Gasteiger partial charge in [-0.15, -0.1) is 0 Å². The standard InChI is InChI=1S/C10H18BNO2/c1-5-8(11(4)7-12)9-6-13-10(2,3)14-9/h8-9H,5-6H2,1-4H3. The van der Waals surface area contributed by atoms with Gasteiger partial charge in [-0.25, -0.2) is 5.26 Å². The van der Waals surface area contributed by atoms with Crippen molar-refractivity contribution in [3.8, 4) is 5.97 Å². The monoisotopic (exact) mass is 195 g/mol. The first-order valence-corrected chi connectivity index (χ1v) is 5.21. The van der Waals surface area contributed by atoms with Crippen molar-refractivity contribution < 1.29 is 9.47 Å². The van der Waals surface area contributed by atoms with Crippen molar-refractivity contribution in [3.05, 3.63) is 0 Å². The quantitative estimate of drug-likeness (QED) is 0.647. The highest BCUT2D eigenvalue weighted by molar-refractivity contribution is 6.67. The Labute approximate surface area is 86.5 Å². The molecule has 0 N–H and O–H groups in total. The summed E-state index contributed by atoms with van der Waals surface area (Å²) in [6.45, 7) is 8.50. The van der Waals surface area contributed by atoms with E-state index in [9.17, 15) is 0 Å². The van der Waals surface area contributed by atoms with Gasteiger partial charge in [-0.2, -0.15) is 0 Å². The molecular weight excluding hydrogens is 177 g/mol. The van der Waals surface area contributed by atoms with E-state index in [0.717, 1.165) is 6.42 Å². The fourth-order valence-corrected chi connectivity index (χ4v) is 1.96. The van der Waals surface area contributed by atoms with E-state index in [2.05, 4.69) is 12.9 Å². The number of hydrogen-bond acceptors (Lipinski definition) is 3. The highest BCUT2D eigenvalue weighted by atomic mass is 16.7.